The molecule has 0 radical (unpaired) electrons. The van der Waals surface area contributed by atoms with Gasteiger partial charge in [0.25, 0.3) is 0 Å². The highest BCUT2D eigenvalue weighted by atomic mass is 19.1. The number of carbonyl (C=O) groups is 2. The highest BCUT2D eigenvalue weighted by molar-refractivity contribution is 6.03. The first kappa shape index (κ1) is 20.1. The standard InChI is InChI=1S/C19H18FN3O6/c1-28-14-6-12(7-15(9-14)29-2)21-19(25)11-5-18(24)22(10-11)13-3-4-16(20)17(8-13)23(26)27/h3-4,6-9,11H,5,10H2,1-2H3,(H,21,25). The number of anilines is 2. The molecule has 1 heterocycles. The summed E-state index contributed by atoms with van der Waals surface area (Å²) < 4.78 is 23.9. The summed E-state index contributed by atoms with van der Waals surface area (Å²) in [6.45, 7) is 0.0224. The number of benzene rings is 2. The summed E-state index contributed by atoms with van der Waals surface area (Å²) in [4.78, 5) is 36.3. The molecule has 0 saturated carbocycles. The molecule has 1 atom stereocenters. The largest absolute Gasteiger partial charge is 0.497 e. The zero-order valence-electron chi connectivity index (χ0n) is 15.7. The normalized spacial score (nSPS) is 15.9. The summed E-state index contributed by atoms with van der Waals surface area (Å²) in [5.41, 5.74) is -0.123. The van der Waals surface area contributed by atoms with E-state index in [0.717, 1.165) is 12.1 Å². The molecular formula is C19H18FN3O6. The minimum Gasteiger partial charge on any atom is -0.497 e. The molecule has 3 rings (SSSR count). The quantitative estimate of drug-likeness (QED) is 0.586. The van der Waals surface area contributed by atoms with Crippen molar-refractivity contribution in [1.82, 2.24) is 0 Å². The second-order valence-electron chi connectivity index (χ2n) is 6.39. The fraction of sp³-hybridized carbons (Fsp3) is 0.263. The summed E-state index contributed by atoms with van der Waals surface area (Å²) >= 11 is 0. The van der Waals surface area contributed by atoms with E-state index in [1.54, 1.807) is 18.2 Å². The molecule has 1 N–H and O–H groups in total. The average Bonchev–Trinajstić information content (AvgIpc) is 3.09. The van der Waals surface area contributed by atoms with Crippen molar-refractivity contribution in [3.8, 4) is 11.5 Å². The van der Waals surface area contributed by atoms with Crippen LogP contribution in [-0.4, -0.2) is 37.5 Å². The first-order chi connectivity index (χ1) is 13.8. The van der Waals surface area contributed by atoms with Crippen molar-refractivity contribution in [2.75, 3.05) is 31.0 Å². The molecule has 29 heavy (non-hydrogen) atoms. The Balaban J connectivity index is 1.76. The molecule has 1 fully saturated rings. The number of amides is 2. The monoisotopic (exact) mass is 403 g/mol. The summed E-state index contributed by atoms with van der Waals surface area (Å²) in [6.07, 6.45) is -0.0713. The maximum atomic E-state index is 13.5. The van der Waals surface area contributed by atoms with Crippen molar-refractivity contribution < 1.29 is 28.4 Å². The van der Waals surface area contributed by atoms with E-state index < -0.39 is 28.3 Å². The SMILES string of the molecule is COc1cc(NC(=O)C2CC(=O)N(c3ccc(F)c([N+](=O)[O-])c3)C2)cc(OC)c1. The van der Waals surface area contributed by atoms with Crippen molar-refractivity contribution in [1.29, 1.82) is 0 Å². The van der Waals surface area contributed by atoms with Crippen LogP contribution in [-0.2, 0) is 9.59 Å². The molecule has 9 nitrogen and oxygen atoms in total. The first-order valence-electron chi connectivity index (χ1n) is 8.60. The smallest absolute Gasteiger partial charge is 0.306 e. The molecule has 1 saturated heterocycles. The molecule has 2 aromatic rings. The minimum atomic E-state index is -0.994. The van der Waals surface area contributed by atoms with Gasteiger partial charge in [-0.2, -0.15) is 4.39 Å². The number of hydrogen-bond acceptors (Lipinski definition) is 6. The van der Waals surface area contributed by atoms with Gasteiger partial charge in [0.2, 0.25) is 17.6 Å². The number of nitrogens with zero attached hydrogens (tertiary/aromatic N) is 2. The summed E-state index contributed by atoms with van der Waals surface area (Å²) in [7, 11) is 2.96. The van der Waals surface area contributed by atoms with Gasteiger partial charge in [0.1, 0.15) is 11.5 Å². The number of hydrogen-bond donors (Lipinski definition) is 1. The van der Waals surface area contributed by atoms with Gasteiger partial charge in [0, 0.05) is 42.9 Å². The Morgan fingerprint density at radius 3 is 2.45 bits per heavy atom. The molecule has 0 bridgehead atoms. The highest BCUT2D eigenvalue weighted by Gasteiger charge is 2.36. The Morgan fingerprint density at radius 2 is 1.86 bits per heavy atom. The first-order valence-corrected chi connectivity index (χ1v) is 8.60. The molecule has 0 aromatic heterocycles. The van der Waals surface area contributed by atoms with Crippen molar-refractivity contribution in [2.24, 2.45) is 5.92 Å². The highest BCUT2D eigenvalue weighted by Crippen LogP contribution is 2.31. The van der Waals surface area contributed by atoms with E-state index in [0.29, 0.717) is 17.2 Å². The number of rotatable bonds is 6. The Labute approximate surface area is 165 Å². The lowest BCUT2D eigenvalue weighted by molar-refractivity contribution is -0.387. The number of nitrogens with one attached hydrogen (secondary N) is 1. The van der Waals surface area contributed by atoms with Crippen molar-refractivity contribution >= 4 is 28.9 Å². The van der Waals surface area contributed by atoms with Gasteiger partial charge in [-0.3, -0.25) is 19.7 Å². The number of nitro benzene ring substituents is 1. The van der Waals surface area contributed by atoms with Gasteiger partial charge in [-0.1, -0.05) is 0 Å². The summed E-state index contributed by atoms with van der Waals surface area (Å²) in [6, 6.07) is 8.05. The fourth-order valence-corrected chi connectivity index (χ4v) is 3.07. The minimum absolute atomic E-state index is 0.0224. The lowest BCUT2D eigenvalue weighted by atomic mass is 10.1. The number of carbonyl (C=O) groups excluding carboxylic acids is 2. The molecule has 10 heteroatoms. The topological polar surface area (TPSA) is 111 Å². The van der Waals surface area contributed by atoms with E-state index in [1.807, 2.05) is 0 Å². The van der Waals surface area contributed by atoms with E-state index >= 15 is 0 Å². The molecule has 0 spiro atoms. The van der Waals surface area contributed by atoms with Crippen LogP contribution in [0.15, 0.2) is 36.4 Å². The molecule has 0 aliphatic carbocycles. The Kier molecular flexibility index (Phi) is 5.62. The second kappa shape index (κ2) is 8.13. The lowest BCUT2D eigenvalue weighted by Crippen LogP contribution is -2.28. The Bertz CT molecular complexity index is 958. The number of halogens is 1. The number of methoxy groups -OCH3 is 2. The van der Waals surface area contributed by atoms with Crippen LogP contribution in [0.25, 0.3) is 0 Å². The van der Waals surface area contributed by atoms with Gasteiger partial charge in [0.15, 0.2) is 0 Å². The molecule has 152 valence electrons. The van der Waals surface area contributed by atoms with Crippen LogP contribution in [0.5, 0.6) is 11.5 Å². The zero-order valence-corrected chi connectivity index (χ0v) is 15.7. The van der Waals surface area contributed by atoms with Crippen molar-refractivity contribution in [3.63, 3.8) is 0 Å². The maximum absolute atomic E-state index is 13.5. The van der Waals surface area contributed by atoms with Gasteiger partial charge in [-0.25, -0.2) is 0 Å². The maximum Gasteiger partial charge on any atom is 0.306 e. The van der Waals surface area contributed by atoms with Gasteiger partial charge in [0.05, 0.1) is 30.7 Å². The predicted molar refractivity (Wildman–Crippen MR) is 102 cm³/mol. The predicted octanol–water partition coefficient (Wildman–Crippen LogP) is 2.74. The third-order valence-corrected chi connectivity index (χ3v) is 4.55. The molecule has 1 unspecified atom stereocenters. The van der Waals surface area contributed by atoms with E-state index in [1.165, 1.54) is 25.2 Å². The van der Waals surface area contributed by atoms with E-state index in [2.05, 4.69) is 5.32 Å². The molecule has 2 aromatic carbocycles. The fourth-order valence-electron chi connectivity index (χ4n) is 3.07. The Hall–Kier alpha value is -3.69. The van der Waals surface area contributed by atoms with E-state index in [4.69, 9.17) is 9.47 Å². The molecule has 2 amide bonds. The van der Waals surface area contributed by atoms with Crippen molar-refractivity contribution in [2.45, 2.75) is 6.42 Å². The van der Waals surface area contributed by atoms with E-state index in [-0.39, 0.29) is 24.6 Å². The van der Waals surface area contributed by atoms with Crippen LogP contribution in [0.3, 0.4) is 0 Å². The van der Waals surface area contributed by atoms with Crippen LogP contribution in [0.4, 0.5) is 21.5 Å². The summed E-state index contributed by atoms with van der Waals surface area (Å²) in [5.74, 6) is -1.47. The number of ether oxygens (including phenoxy) is 2. The van der Waals surface area contributed by atoms with E-state index in [9.17, 15) is 24.1 Å². The number of nitro groups is 1. The molecule has 1 aliphatic heterocycles. The van der Waals surface area contributed by atoms with Crippen LogP contribution < -0.4 is 19.7 Å². The van der Waals surface area contributed by atoms with Gasteiger partial charge in [-0.15, -0.1) is 0 Å². The van der Waals surface area contributed by atoms with Crippen LogP contribution >= 0.6 is 0 Å². The summed E-state index contributed by atoms with van der Waals surface area (Å²) in [5, 5.41) is 13.6. The lowest BCUT2D eigenvalue weighted by Gasteiger charge is -2.17. The average molecular weight is 403 g/mol. The van der Waals surface area contributed by atoms with Crippen molar-refractivity contribution in [3.05, 3.63) is 52.3 Å². The van der Waals surface area contributed by atoms with Crippen LogP contribution in [0, 0.1) is 21.8 Å². The van der Waals surface area contributed by atoms with Gasteiger partial charge < -0.3 is 19.7 Å². The zero-order chi connectivity index (χ0) is 21.1. The molecule has 1 aliphatic rings. The van der Waals surface area contributed by atoms with Gasteiger partial charge >= 0.3 is 5.69 Å². The Morgan fingerprint density at radius 1 is 1.21 bits per heavy atom. The van der Waals surface area contributed by atoms with Crippen LogP contribution in [0.1, 0.15) is 6.42 Å². The third-order valence-electron chi connectivity index (χ3n) is 4.55. The third kappa shape index (κ3) is 4.26. The second-order valence-corrected chi connectivity index (χ2v) is 6.39. The molecular weight excluding hydrogens is 385 g/mol. The van der Waals surface area contributed by atoms with Crippen LogP contribution in [0.2, 0.25) is 0 Å². The van der Waals surface area contributed by atoms with Gasteiger partial charge in [-0.05, 0) is 12.1 Å².